The maximum Gasteiger partial charge on any atom is 0.258 e. The van der Waals surface area contributed by atoms with E-state index in [0.29, 0.717) is 28.9 Å². The Morgan fingerprint density at radius 2 is 1.57 bits per heavy atom. The van der Waals surface area contributed by atoms with E-state index < -0.39 is 0 Å². The van der Waals surface area contributed by atoms with Gasteiger partial charge in [-0.3, -0.25) is 4.79 Å². The van der Waals surface area contributed by atoms with Crippen LogP contribution in [-0.4, -0.2) is 23.2 Å². The Kier molecular flexibility index (Phi) is 5.43. The van der Waals surface area contributed by atoms with Crippen molar-refractivity contribution in [1.82, 2.24) is 10.1 Å². The zero-order valence-corrected chi connectivity index (χ0v) is 16.5. The monoisotopic (exact) mass is 401 g/mol. The first-order valence-electron chi connectivity index (χ1n) is 9.25. The first-order chi connectivity index (χ1) is 14.6. The molecular weight excluding hydrogens is 382 g/mol. The van der Waals surface area contributed by atoms with E-state index in [1.165, 1.54) is 6.92 Å². The minimum absolute atomic E-state index is 0.143. The number of carbonyl (C=O) groups is 1. The summed E-state index contributed by atoms with van der Waals surface area (Å²) in [6, 6.07) is 22.0. The van der Waals surface area contributed by atoms with Crippen LogP contribution in [0.1, 0.15) is 6.92 Å². The number of methoxy groups -OCH3 is 1. The topological polar surface area (TPSA) is 86.5 Å². The normalized spacial score (nSPS) is 10.5. The summed E-state index contributed by atoms with van der Waals surface area (Å²) in [4.78, 5) is 15.7. The number of nitrogens with one attached hydrogen (secondary N) is 1. The summed E-state index contributed by atoms with van der Waals surface area (Å²) in [6.07, 6.45) is 0. The molecule has 1 amide bonds. The minimum Gasteiger partial charge on any atom is -0.497 e. The zero-order valence-electron chi connectivity index (χ0n) is 16.5. The van der Waals surface area contributed by atoms with Crippen LogP contribution in [-0.2, 0) is 4.79 Å². The Hall–Kier alpha value is -4.13. The molecule has 0 aliphatic rings. The van der Waals surface area contributed by atoms with Gasteiger partial charge in [0.15, 0.2) is 0 Å². The van der Waals surface area contributed by atoms with Crippen molar-refractivity contribution in [3.63, 3.8) is 0 Å². The molecule has 7 nitrogen and oxygen atoms in total. The molecule has 150 valence electrons. The van der Waals surface area contributed by atoms with Crippen LogP contribution in [0, 0.1) is 0 Å². The van der Waals surface area contributed by atoms with Crippen LogP contribution in [0.15, 0.2) is 77.3 Å². The number of nitrogens with zero attached hydrogens (tertiary/aromatic N) is 2. The van der Waals surface area contributed by atoms with Crippen LogP contribution in [0.25, 0.3) is 22.8 Å². The summed E-state index contributed by atoms with van der Waals surface area (Å²) in [5.74, 6) is 2.87. The van der Waals surface area contributed by atoms with Crippen LogP contribution >= 0.6 is 0 Å². The van der Waals surface area contributed by atoms with E-state index in [4.69, 9.17) is 14.0 Å². The van der Waals surface area contributed by atoms with Crippen molar-refractivity contribution in [3.8, 4) is 40.1 Å². The van der Waals surface area contributed by atoms with E-state index in [-0.39, 0.29) is 5.91 Å². The summed E-state index contributed by atoms with van der Waals surface area (Å²) >= 11 is 0. The Bertz CT molecular complexity index is 1150. The summed E-state index contributed by atoms with van der Waals surface area (Å²) in [7, 11) is 1.62. The van der Waals surface area contributed by atoms with Gasteiger partial charge in [-0.15, -0.1) is 0 Å². The van der Waals surface area contributed by atoms with Crippen LogP contribution in [0.3, 0.4) is 0 Å². The fourth-order valence-electron chi connectivity index (χ4n) is 2.84. The summed E-state index contributed by atoms with van der Waals surface area (Å²) in [6.45, 7) is 1.46. The number of ether oxygens (including phenoxy) is 2. The predicted octanol–water partition coefficient (Wildman–Crippen LogP) is 5.16. The van der Waals surface area contributed by atoms with Gasteiger partial charge < -0.3 is 19.3 Å². The number of benzene rings is 3. The SMILES string of the molecule is COc1ccc(Oc2ccc(-c3noc(-c4cccc(NC(C)=O)c4)n3)cc2)cc1. The van der Waals surface area contributed by atoms with Gasteiger partial charge in [-0.25, -0.2) is 0 Å². The van der Waals surface area contributed by atoms with Gasteiger partial charge in [0.1, 0.15) is 17.2 Å². The summed E-state index contributed by atoms with van der Waals surface area (Å²) in [5.41, 5.74) is 2.18. The molecule has 30 heavy (non-hydrogen) atoms. The highest BCUT2D eigenvalue weighted by molar-refractivity contribution is 5.89. The maximum atomic E-state index is 11.2. The van der Waals surface area contributed by atoms with Gasteiger partial charge in [0.2, 0.25) is 11.7 Å². The van der Waals surface area contributed by atoms with E-state index in [0.717, 1.165) is 16.9 Å². The average Bonchev–Trinajstić information content (AvgIpc) is 3.25. The molecular formula is C23H19N3O4. The zero-order chi connectivity index (χ0) is 20.9. The van der Waals surface area contributed by atoms with E-state index in [1.807, 2.05) is 60.7 Å². The van der Waals surface area contributed by atoms with Crippen molar-refractivity contribution in [2.45, 2.75) is 6.92 Å². The first-order valence-corrected chi connectivity index (χ1v) is 9.25. The van der Waals surface area contributed by atoms with Crippen LogP contribution in [0.4, 0.5) is 5.69 Å². The highest BCUT2D eigenvalue weighted by atomic mass is 16.5. The lowest BCUT2D eigenvalue weighted by Crippen LogP contribution is -2.05. The second-order valence-corrected chi connectivity index (χ2v) is 6.49. The van der Waals surface area contributed by atoms with Gasteiger partial charge in [-0.2, -0.15) is 4.98 Å². The van der Waals surface area contributed by atoms with Crippen molar-refractivity contribution < 1.29 is 18.8 Å². The molecule has 4 rings (SSSR count). The lowest BCUT2D eigenvalue weighted by molar-refractivity contribution is -0.114. The number of anilines is 1. The fraction of sp³-hybridized carbons (Fsp3) is 0.0870. The van der Waals surface area contributed by atoms with Crippen LogP contribution < -0.4 is 14.8 Å². The average molecular weight is 401 g/mol. The molecule has 1 aromatic heterocycles. The number of hydrogen-bond acceptors (Lipinski definition) is 6. The van der Waals surface area contributed by atoms with Crippen molar-refractivity contribution >= 4 is 11.6 Å². The molecule has 0 atom stereocenters. The Balaban J connectivity index is 1.49. The van der Waals surface area contributed by atoms with Crippen molar-refractivity contribution in [2.75, 3.05) is 12.4 Å². The fourth-order valence-corrected chi connectivity index (χ4v) is 2.84. The first kappa shape index (κ1) is 19.2. The lowest BCUT2D eigenvalue weighted by atomic mass is 10.2. The third-order valence-corrected chi connectivity index (χ3v) is 4.26. The highest BCUT2D eigenvalue weighted by Crippen LogP contribution is 2.28. The lowest BCUT2D eigenvalue weighted by Gasteiger charge is -2.06. The summed E-state index contributed by atoms with van der Waals surface area (Å²) < 4.78 is 16.4. The Morgan fingerprint density at radius 3 is 2.23 bits per heavy atom. The number of carbonyl (C=O) groups excluding carboxylic acids is 1. The van der Waals surface area contributed by atoms with Gasteiger partial charge in [-0.05, 0) is 66.7 Å². The number of aromatic nitrogens is 2. The second kappa shape index (κ2) is 8.48. The molecule has 0 saturated carbocycles. The van der Waals surface area contributed by atoms with Crippen LogP contribution in [0.5, 0.6) is 17.2 Å². The van der Waals surface area contributed by atoms with Crippen molar-refractivity contribution in [1.29, 1.82) is 0 Å². The molecule has 0 aliphatic carbocycles. The van der Waals surface area contributed by atoms with E-state index in [9.17, 15) is 4.79 Å². The molecule has 1 N–H and O–H groups in total. The molecule has 0 unspecified atom stereocenters. The second-order valence-electron chi connectivity index (χ2n) is 6.49. The molecule has 3 aromatic carbocycles. The maximum absolute atomic E-state index is 11.2. The van der Waals surface area contributed by atoms with Gasteiger partial charge in [0.05, 0.1) is 7.11 Å². The van der Waals surface area contributed by atoms with Gasteiger partial charge >= 0.3 is 0 Å². The quantitative estimate of drug-likeness (QED) is 0.480. The van der Waals surface area contributed by atoms with E-state index in [2.05, 4.69) is 15.5 Å². The smallest absolute Gasteiger partial charge is 0.258 e. The number of hydrogen-bond donors (Lipinski definition) is 1. The molecule has 0 aliphatic heterocycles. The molecule has 0 radical (unpaired) electrons. The molecule has 0 spiro atoms. The standard InChI is InChI=1S/C23H19N3O4/c1-15(27)24-18-5-3-4-17(14-18)23-25-22(26-30-23)16-6-8-20(9-7-16)29-21-12-10-19(28-2)11-13-21/h3-14H,1-2H3,(H,24,27). The molecule has 0 fully saturated rings. The van der Waals surface area contributed by atoms with E-state index >= 15 is 0 Å². The van der Waals surface area contributed by atoms with Crippen molar-refractivity contribution in [2.24, 2.45) is 0 Å². The predicted molar refractivity (Wildman–Crippen MR) is 113 cm³/mol. The Morgan fingerprint density at radius 1 is 0.900 bits per heavy atom. The molecule has 4 aromatic rings. The molecule has 7 heteroatoms. The summed E-state index contributed by atoms with van der Waals surface area (Å²) in [5, 5.41) is 6.79. The molecule has 1 heterocycles. The third kappa shape index (κ3) is 4.47. The largest absolute Gasteiger partial charge is 0.497 e. The third-order valence-electron chi connectivity index (χ3n) is 4.26. The van der Waals surface area contributed by atoms with Crippen molar-refractivity contribution in [3.05, 3.63) is 72.8 Å². The number of rotatable bonds is 6. The van der Waals surface area contributed by atoms with Gasteiger partial charge in [-0.1, -0.05) is 11.2 Å². The molecule has 0 bridgehead atoms. The van der Waals surface area contributed by atoms with E-state index in [1.54, 1.807) is 19.2 Å². The molecule has 0 saturated heterocycles. The van der Waals surface area contributed by atoms with Crippen LogP contribution in [0.2, 0.25) is 0 Å². The Labute approximate surface area is 173 Å². The van der Waals surface area contributed by atoms with Gasteiger partial charge in [0, 0.05) is 23.7 Å². The highest BCUT2D eigenvalue weighted by Gasteiger charge is 2.12. The number of amides is 1. The minimum atomic E-state index is -0.143. The van der Waals surface area contributed by atoms with Gasteiger partial charge in [0.25, 0.3) is 5.89 Å².